The van der Waals surface area contributed by atoms with Gasteiger partial charge in [0.15, 0.2) is 0 Å². The molecule has 1 aromatic carbocycles. The normalized spacial score (nSPS) is 14.4. The molecule has 0 aliphatic heterocycles. The highest BCUT2D eigenvalue weighted by molar-refractivity contribution is 6.29. The topological polar surface area (TPSA) is 81.6 Å². The first kappa shape index (κ1) is 13.3. The van der Waals surface area contributed by atoms with E-state index in [1.54, 1.807) is 6.07 Å². The average molecular weight is 315 g/mol. The van der Waals surface area contributed by atoms with Crippen molar-refractivity contribution in [3.63, 3.8) is 0 Å². The lowest BCUT2D eigenvalue weighted by Gasteiger charge is -2.09. The number of nitrogen functional groups attached to an aromatic ring is 1. The van der Waals surface area contributed by atoms with Crippen LogP contribution in [0.15, 0.2) is 30.3 Å². The summed E-state index contributed by atoms with van der Waals surface area (Å²) < 4.78 is 2.31. The molecule has 0 unspecified atom stereocenters. The summed E-state index contributed by atoms with van der Waals surface area (Å²) in [5, 5.41) is 3.55. The molecule has 0 atom stereocenters. The summed E-state index contributed by atoms with van der Waals surface area (Å²) >= 11 is 5.90. The first-order chi connectivity index (χ1) is 10.7. The quantitative estimate of drug-likeness (QED) is 0.723. The molecule has 6 nitrogen and oxygen atoms in total. The number of halogens is 1. The van der Waals surface area contributed by atoms with E-state index in [9.17, 15) is 0 Å². The molecule has 3 N–H and O–H groups in total. The number of nitrogens with two attached hydrogens (primary N) is 1. The zero-order chi connectivity index (χ0) is 15.1. The molecule has 1 aliphatic rings. The van der Waals surface area contributed by atoms with Crippen LogP contribution in [0.25, 0.3) is 11.0 Å². The van der Waals surface area contributed by atoms with Crippen molar-refractivity contribution in [2.45, 2.75) is 25.4 Å². The molecule has 1 fully saturated rings. The third-order valence-corrected chi connectivity index (χ3v) is 3.91. The lowest BCUT2D eigenvalue weighted by Crippen LogP contribution is -2.09. The van der Waals surface area contributed by atoms with Crippen LogP contribution in [0.5, 0.6) is 0 Å². The molecule has 2 aromatic heterocycles. The number of aromatic nitrogens is 4. The summed E-state index contributed by atoms with van der Waals surface area (Å²) in [5.41, 5.74) is 7.81. The van der Waals surface area contributed by atoms with Gasteiger partial charge in [-0.15, -0.1) is 0 Å². The number of hydrogen-bond acceptors (Lipinski definition) is 5. The standard InChI is InChI=1S/C15H15ClN6/c16-12-7-13(21-15(17)20-12)18-8-14-19-10-3-1-2-4-11(10)22(14)9-5-6-9/h1-4,7,9H,5-6,8H2,(H3,17,18,20,21). The van der Waals surface area contributed by atoms with Crippen molar-refractivity contribution in [1.29, 1.82) is 0 Å². The molecule has 0 saturated heterocycles. The van der Waals surface area contributed by atoms with Crippen LogP contribution in [0, 0.1) is 0 Å². The minimum atomic E-state index is 0.158. The first-order valence-corrected chi connectivity index (χ1v) is 7.58. The molecule has 0 bridgehead atoms. The number of fused-ring (bicyclic) bond motifs is 1. The second-order valence-electron chi connectivity index (χ2n) is 5.41. The number of benzene rings is 1. The average Bonchev–Trinajstić information content (AvgIpc) is 3.24. The molecule has 1 aliphatic carbocycles. The van der Waals surface area contributed by atoms with Crippen LogP contribution in [-0.4, -0.2) is 19.5 Å². The number of para-hydroxylation sites is 2. The van der Waals surface area contributed by atoms with Gasteiger partial charge < -0.3 is 15.6 Å². The van der Waals surface area contributed by atoms with E-state index in [2.05, 4.69) is 25.9 Å². The second-order valence-corrected chi connectivity index (χ2v) is 5.79. The molecule has 112 valence electrons. The Morgan fingerprint density at radius 3 is 2.82 bits per heavy atom. The van der Waals surface area contributed by atoms with Crippen LogP contribution < -0.4 is 11.1 Å². The first-order valence-electron chi connectivity index (χ1n) is 7.20. The van der Waals surface area contributed by atoms with E-state index in [0.717, 1.165) is 11.3 Å². The van der Waals surface area contributed by atoms with Gasteiger partial charge >= 0.3 is 0 Å². The van der Waals surface area contributed by atoms with E-state index < -0.39 is 0 Å². The van der Waals surface area contributed by atoms with Crippen LogP contribution in [-0.2, 0) is 6.54 Å². The van der Waals surface area contributed by atoms with Crippen molar-refractivity contribution in [3.05, 3.63) is 41.3 Å². The zero-order valence-electron chi connectivity index (χ0n) is 11.8. The molecule has 0 radical (unpaired) electrons. The van der Waals surface area contributed by atoms with Crippen molar-refractivity contribution in [3.8, 4) is 0 Å². The van der Waals surface area contributed by atoms with Crippen molar-refractivity contribution >= 4 is 34.4 Å². The molecular formula is C15H15ClN6. The van der Waals surface area contributed by atoms with E-state index in [-0.39, 0.29) is 5.95 Å². The van der Waals surface area contributed by atoms with Crippen molar-refractivity contribution in [2.75, 3.05) is 11.1 Å². The van der Waals surface area contributed by atoms with Crippen molar-refractivity contribution in [1.82, 2.24) is 19.5 Å². The highest BCUT2D eigenvalue weighted by Gasteiger charge is 2.27. The predicted molar refractivity (Wildman–Crippen MR) is 86.8 cm³/mol. The zero-order valence-corrected chi connectivity index (χ0v) is 12.6. The molecule has 2 heterocycles. The van der Waals surface area contributed by atoms with Gasteiger partial charge in [0, 0.05) is 12.1 Å². The van der Waals surface area contributed by atoms with Gasteiger partial charge in [-0.2, -0.15) is 4.98 Å². The summed E-state index contributed by atoms with van der Waals surface area (Å²) in [5.74, 6) is 1.76. The minimum Gasteiger partial charge on any atom is -0.368 e. The van der Waals surface area contributed by atoms with Gasteiger partial charge in [-0.05, 0) is 25.0 Å². The van der Waals surface area contributed by atoms with Crippen LogP contribution in [0.4, 0.5) is 11.8 Å². The number of rotatable bonds is 4. The fraction of sp³-hybridized carbons (Fsp3) is 0.267. The van der Waals surface area contributed by atoms with Crippen LogP contribution in [0.1, 0.15) is 24.7 Å². The predicted octanol–water partition coefficient (Wildman–Crippen LogP) is 3.01. The summed E-state index contributed by atoms with van der Waals surface area (Å²) in [6.45, 7) is 0.567. The van der Waals surface area contributed by atoms with E-state index in [1.807, 2.05) is 18.2 Å². The molecule has 3 aromatic rings. The van der Waals surface area contributed by atoms with Crippen LogP contribution >= 0.6 is 11.6 Å². The highest BCUT2D eigenvalue weighted by atomic mass is 35.5. The van der Waals surface area contributed by atoms with E-state index in [0.29, 0.717) is 23.6 Å². The monoisotopic (exact) mass is 314 g/mol. The van der Waals surface area contributed by atoms with Gasteiger partial charge in [0.2, 0.25) is 5.95 Å². The van der Waals surface area contributed by atoms with Gasteiger partial charge in [-0.3, -0.25) is 0 Å². The molecular weight excluding hydrogens is 300 g/mol. The molecule has 0 spiro atoms. The van der Waals surface area contributed by atoms with Crippen LogP contribution in [0.2, 0.25) is 5.15 Å². The maximum absolute atomic E-state index is 5.90. The second kappa shape index (κ2) is 5.14. The Balaban J connectivity index is 1.65. The number of imidazole rings is 1. The van der Waals surface area contributed by atoms with E-state index in [1.165, 1.54) is 18.4 Å². The maximum Gasteiger partial charge on any atom is 0.223 e. The van der Waals surface area contributed by atoms with Crippen molar-refractivity contribution in [2.24, 2.45) is 0 Å². The van der Waals surface area contributed by atoms with Gasteiger partial charge in [0.1, 0.15) is 16.8 Å². The van der Waals surface area contributed by atoms with Gasteiger partial charge in [0.25, 0.3) is 0 Å². The Labute approximate surface area is 132 Å². The maximum atomic E-state index is 5.90. The molecule has 7 heteroatoms. The Kier molecular flexibility index (Phi) is 3.11. The van der Waals surface area contributed by atoms with E-state index in [4.69, 9.17) is 22.3 Å². The highest BCUT2D eigenvalue weighted by Crippen LogP contribution is 2.38. The fourth-order valence-corrected chi connectivity index (χ4v) is 2.84. The molecule has 0 amide bonds. The van der Waals surface area contributed by atoms with Gasteiger partial charge in [-0.25, -0.2) is 9.97 Å². The number of nitrogens with zero attached hydrogens (tertiary/aromatic N) is 4. The molecule has 4 rings (SSSR count). The van der Waals surface area contributed by atoms with Gasteiger partial charge in [0.05, 0.1) is 17.6 Å². The van der Waals surface area contributed by atoms with Crippen molar-refractivity contribution < 1.29 is 0 Å². The molecule has 1 saturated carbocycles. The largest absolute Gasteiger partial charge is 0.368 e. The fourth-order valence-electron chi connectivity index (χ4n) is 2.65. The smallest absolute Gasteiger partial charge is 0.223 e. The number of anilines is 2. The Hall–Kier alpha value is -2.34. The van der Waals surface area contributed by atoms with Crippen LogP contribution in [0.3, 0.4) is 0 Å². The Bertz CT molecular complexity index is 819. The van der Waals surface area contributed by atoms with E-state index >= 15 is 0 Å². The minimum absolute atomic E-state index is 0.158. The summed E-state index contributed by atoms with van der Waals surface area (Å²) in [7, 11) is 0. The number of nitrogens with one attached hydrogen (secondary N) is 1. The summed E-state index contributed by atoms with van der Waals surface area (Å²) in [4.78, 5) is 12.7. The van der Waals surface area contributed by atoms with Gasteiger partial charge in [-0.1, -0.05) is 23.7 Å². The summed E-state index contributed by atoms with van der Waals surface area (Å²) in [6, 6.07) is 10.4. The lowest BCUT2D eigenvalue weighted by molar-refractivity contribution is 0.710. The molecule has 22 heavy (non-hydrogen) atoms. The number of hydrogen-bond donors (Lipinski definition) is 2. The Morgan fingerprint density at radius 2 is 2.05 bits per heavy atom. The SMILES string of the molecule is Nc1nc(Cl)cc(NCc2nc3ccccc3n2C2CC2)n1. The third kappa shape index (κ3) is 2.46. The lowest BCUT2D eigenvalue weighted by atomic mass is 10.3. The summed E-state index contributed by atoms with van der Waals surface area (Å²) in [6.07, 6.45) is 2.42. The Morgan fingerprint density at radius 1 is 1.23 bits per heavy atom. The third-order valence-electron chi connectivity index (χ3n) is 3.72.